The Morgan fingerprint density at radius 3 is 1.69 bits per heavy atom. The van der Waals surface area contributed by atoms with E-state index in [1.807, 2.05) is 64.1 Å². The number of ether oxygens (including phenoxy) is 2. The molecule has 0 unspecified atom stereocenters. The maximum Gasteiger partial charge on any atom is 0.346 e. The summed E-state index contributed by atoms with van der Waals surface area (Å²) in [6, 6.07) is 21.1. The number of nitrogens with zero attached hydrogens (tertiary/aromatic N) is 1. The number of aromatic hydroxyl groups is 1. The molecule has 3 aromatic carbocycles. The van der Waals surface area contributed by atoms with Gasteiger partial charge in [-0.2, -0.15) is 0 Å². The second-order valence-corrected chi connectivity index (χ2v) is 19.6. The van der Waals surface area contributed by atoms with Crippen LogP contribution in [0.3, 0.4) is 0 Å². The Hall–Kier alpha value is -5.05. The number of alkyl halides is 1. The first kappa shape index (κ1) is 57.0. The van der Waals surface area contributed by atoms with Gasteiger partial charge >= 0.3 is 28.4 Å². The molecule has 352 valence electrons. The number of carbonyl (C=O) groups excluding carboxylic acids is 4. The molecule has 1 aliphatic heterocycles. The van der Waals surface area contributed by atoms with Gasteiger partial charge in [0.25, 0.3) is 0 Å². The van der Waals surface area contributed by atoms with E-state index in [1.165, 1.54) is 44.5 Å². The van der Waals surface area contributed by atoms with Crippen molar-refractivity contribution >= 4 is 91.1 Å². The van der Waals surface area contributed by atoms with Gasteiger partial charge in [-0.25, -0.2) is 9.59 Å². The number of fused-ring (bicyclic) bond motifs is 2. The lowest BCUT2D eigenvalue weighted by atomic mass is 10.1. The van der Waals surface area contributed by atoms with Crippen LogP contribution in [0.4, 0.5) is 10.1 Å². The molecule has 2 aromatic heterocycles. The van der Waals surface area contributed by atoms with Crippen LogP contribution in [0.15, 0.2) is 91.2 Å². The van der Waals surface area contributed by atoms with Gasteiger partial charge < -0.3 is 33.6 Å². The zero-order valence-electron chi connectivity index (χ0n) is 37.7. The molecule has 0 saturated carbocycles. The molecule has 1 fully saturated rings. The smallest absolute Gasteiger partial charge is 0.346 e. The molecule has 14 nitrogen and oxygen atoms in total. The van der Waals surface area contributed by atoms with Crippen molar-refractivity contribution in [2.45, 2.75) is 67.2 Å². The Morgan fingerprint density at radius 2 is 1.27 bits per heavy atom. The number of hydrogen-bond donors (Lipinski definition) is 2. The number of carbonyl (C=O) groups is 4. The Balaban J connectivity index is 0.000000768. The standard InChI is InChI=1S/C11H15NO2.C11H8O3.C10H8O2.C7H12O4.C5H11N.CH3F.Cl3OP/c1-3-12(4-2)10-6-5-9(8-13)11(14)7-10;1-7-2-3-8-5-9(6-12)11(13)14-10(8)4-7;1-7-2-3-8-4-5-10(11)12-9(8)6-7;1-3-10-6(8)5-7(9)11-4-2;1-2-4-6-5-3-1;1-2;1-5(2,3)4/h5-8,14H,3-4H2,1-2H3;2-6H,1H3;2-6H,1H3;3-5H2,1-2H3;6H,1-5H2;1H3;/i;;;;;1D;. The van der Waals surface area contributed by atoms with Crippen LogP contribution in [0.25, 0.3) is 21.9 Å². The minimum atomic E-state index is -3.22. The first-order valence-electron chi connectivity index (χ1n) is 20.6. The normalized spacial score (nSPS) is 11.4. The van der Waals surface area contributed by atoms with E-state index in [-0.39, 0.29) is 36.6 Å². The molecule has 0 aliphatic carbocycles. The molecule has 0 atom stereocenters. The zero-order valence-corrected chi connectivity index (χ0v) is 39.9. The molecule has 6 rings (SSSR count). The van der Waals surface area contributed by atoms with Gasteiger partial charge in [0.2, 0.25) is 0 Å². The predicted molar refractivity (Wildman–Crippen MR) is 254 cm³/mol. The van der Waals surface area contributed by atoms with Crippen LogP contribution in [-0.2, 0) is 23.6 Å². The number of rotatable bonds is 9. The molecule has 5 aromatic rings. The third-order valence-corrected chi connectivity index (χ3v) is 8.20. The molecule has 0 spiro atoms. The van der Waals surface area contributed by atoms with E-state index < -0.39 is 29.9 Å². The van der Waals surface area contributed by atoms with Gasteiger partial charge in [0, 0.05) is 41.7 Å². The van der Waals surface area contributed by atoms with Crippen LogP contribution in [0, 0.1) is 13.8 Å². The highest BCUT2D eigenvalue weighted by Crippen LogP contribution is 2.61. The van der Waals surface area contributed by atoms with Crippen LogP contribution >= 0.6 is 38.9 Å². The summed E-state index contributed by atoms with van der Waals surface area (Å²) >= 11 is 13.8. The molecule has 1 saturated heterocycles. The Morgan fingerprint density at radius 1 is 0.781 bits per heavy atom. The average molecular weight is 975 g/mol. The molecule has 0 amide bonds. The van der Waals surface area contributed by atoms with Crippen molar-refractivity contribution in [1.29, 1.82) is 0 Å². The van der Waals surface area contributed by atoms with Crippen molar-refractivity contribution in [3.63, 3.8) is 0 Å². The number of benzene rings is 3. The molecule has 2 N–H and O–H groups in total. The summed E-state index contributed by atoms with van der Waals surface area (Å²) in [6.45, 7) is 16.2. The number of nitrogens with one attached hydrogen (secondary N) is 1. The highest BCUT2D eigenvalue weighted by atomic mass is 36.0. The molecule has 19 heteroatoms. The molecule has 0 bridgehead atoms. The van der Waals surface area contributed by atoms with E-state index in [1.54, 1.807) is 38.1 Å². The second-order valence-electron chi connectivity index (χ2n) is 13.0. The highest BCUT2D eigenvalue weighted by molar-refractivity contribution is 8.24. The molecule has 3 heterocycles. The van der Waals surface area contributed by atoms with E-state index in [9.17, 15) is 42.8 Å². The van der Waals surface area contributed by atoms with Crippen molar-refractivity contribution in [1.82, 2.24) is 5.32 Å². The van der Waals surface area contributed by atoms with Crippen molar-refractivity contribution in [2.24, 2.45) is 0 Å². The lowest BCUT2D eigenvalue weighted by Crippen LogP contribution is -2.21. The quantitative estimate of drug-likeness (QED) is 0.0465. The number of piperidine rings is 1. The number of aryl methyl sites for hydroxylation is 2. The summed E-state index contributed by atoms with van der Waals surface area (Å²) in [5.41, 5.74) is 3.73. The first-order valence-corrected chi connectivity index (χ1v) is 24.3. The molecular formula is C45H57Cl3FN2O12P. The fourth-order valence-electron chi connectivity index (χ4n) is 5.25. The lowest BCUT2D eigenvalue weighted by Gasteiger charge is -2.21. The molecular weight excluding hydrogens is 917 g/mol. The highest BCUT2D eigenvalue weighted by Gasteiger charge is 2.10. The van der Waals surface area contributed by atoms with Gasteiger partial charge in [0.05, 0.1) is 27.3 Å². The summed E-state index contributed by atoms with van der Waals surface area (Å²) in [6.07, 6.45) is 5.08. The predicted octanol–water partition coefficient (Wildman–Crippen LogP) is 10.7. The second kappa shape index (κ2) is 33.5. The fourth-order valence-corrected chi connectivity index (χ4v) is 5.25. The number of anilines is 1. The number of esters is 2. The largest absolute Gasteiger partial charge is 0.507 e. The SMILES string of the molecule is C1CCNCC1.CCN(CC)c1ccc(C=O)c(O)c1.CCOC(=O)CC(=O)OCC.Cc1ccc2cc(C=O)c(=O)oc2c1.Cc1ccc2ccc(=O)oc2c1.O=P(Cl)(Cl)Cl.[2H]CF. The van der Waals surface area contributed by atoms with E-state index in [4.69, 9.17) is 10.2 Å². The molecule has 64 heavy (non-hydrogen) atoms. The van der Waals surface area contributed by atoms with Crippen LogP contribution < -0.4 is 21.5 Å². The molecule has 0 radical (unpaired) electrons. The zero-order chi connectivity index (χ0) is 49.4. The summed E-state index contributed by atoms with van der Waals surface area (Å²) in [4.78, 5) is 66.3. The Bertz CT molecular complexity index is 2340. The maximum atomic E-state index is 11.2. The van der Waals surface area contributed by atoms with Crippen molar-refractivity contribution in [3.8, 4) is 5.75 Å². The first-order chi connectivity index (χ1) is 30.8. The minimum absolute atomic E-state index is 0.0457. The Labute approximate surface area is 388 Å². The van der Waals surface area contributed by atoms with Gasteiger partial charge in [-0.3, -0.25) is 28.1 Å². The van der Waals surface area contributed by atoms with Crippen molar-refractivity contribution in [2.75, 3.05) is 51.4 Å². The Kier molecular flexibility index (Phi) is 29.8. The number of phenolic OH excluding ortho intramolecular Hbond substituents is 1. The van der Waals surface area contributed by atoms with Crippen LogP contribution in [0.1, 0.15) is 86.6 Å². The monoisotopic (exact) mass is 973 g/mol. The third-order valence-electron chi connectivity index (χ3n) is 8.20. The third kappa shape index (κ3) is 25.9. The van der Waals surface area contributed by atoms with Crippen LogP contribution in [0.2, 0.25) is 0 Å². The van der Waals surface area contributed by atoms with Crippen LogP contribution in [-0.4, -0.2) is 76.2 Å². The maximum absolute atomic E-state index is 11.2. The lowest BCUT2D eigenvalue weighted by molar-refractivity contribution is -0.153. The number of halogens is 4. The van der Waals surface area contributed by atoms with E-state index in [0.717, 1.165) is 40.7 Å². The number of phenols is 1. The van der Waals surface area contributed by atoms with Gasteiger partial charge in [-0.1, -0.05) is 30.7 Å². The van der Waals surface area contributed by atoms with Crippen molar-refractivity contribution in [3.05, 3.63) is 116 Å². The summed E-state index contributed by atoms with van der Waals surface area (Å²) in [5, 5.41) is 11.3. The van der Waals surface area contributed by atoms with E-state index >= 15 is 0 Å². The number of aldehydes is 2. The van der Waals surface area contributed by atoms with Gasteiger partial charge in [-0.05, 0) is 149 Å². The minimum Gasteiger partial charge on any atom is -0.507 e. The number of hydrogen-bond acceptors (Lipinski definition) is 14. The van der Waals surface area contributed by atoms with Crippen molar-refractivity contribution < 1.29 is 52.9 Å². The van der Waals surface area contributed by atoms with E-state index in [2.05, 4.69) is 53.4 Å². The summed E-state index contributed by atoms with van der Waals surface area (Å²) < 4.78 is 44.0. The van der Waals surface area contributed by atoms with Gasteiger partial charge in [0.1, 0.15) is 28.9 Å². The van der Waals surface area contributed by atoms with Gasteiger partial charge in [0.15, 0.2) is 12.6 Å². The molecule has 1 aliphatic rings. The summed E-state index contributed by atoms with van der Waals surface area (Å²) in [5.74, 6) is -1.03. The fraction of sp³-hybridized carbons (Fsp3) is 0.378. The van der Waals surface area contributed by atoms with Crippen LogP contribution in [0.5, 0.6) is 5.75 Å². The van der Waals surface area contributed by atoms with Gasteiger partial charge in [-0.15, -0.1) is 0 Å². The topological polar surface area (TPSA) is 200 Å². The van der Waals surface area contributed by atoms with E-state index in [0.29, 0.717) is 29.3 Å². The average Bonchev–Trinajstić information content (AvgIpc) is 3.25. The summed E-state index contributed by atoms with van der Waals surface area (Å²) in [7, 11) is -1.00.